The van der Waals surface area contributed by atoms with Crippen LogP contribution < -0.4 is 10.1 Å². The summed E-state index contributed by atoms with van der Waals surface area (Å²) in [5, 5.41) is 3.00. The molecule has 18 heavy (non-hydrogen) atoms. The van der Waals surface area contributed by atoms with Crippen molar-refractivity contribution < 1.29 is 9.53 Å². The van der Waals surface area contributed by atoms with Crippen LogP contribution in [0.1, 0.15) is 31.7 Å². The number of carbonyl (C=O) groups excluding carboxylic acids is 1. The average Bonchev–Trinajstić information content (AvgIpc) is 2.29. The summed E-state index contributed by atoms with van der Waals surface area (Å²) in [6, 6.07) is 8.07. The van der Waals surface area contributed by atoms with Gasteiger partial charge in [-0.2, -0.15) is 0 Å². The van der Waals surface area contributed by atoms with Crippen LogP contribution in [-0.4, -0.2) is 19.1 Å². The molecule has 0 unspecified atom stereocenters. The highest BCUT2D eigenvalue weighted by atomic mass is 16.5. The Morgan fingerprint density at radius 2 is 2.06 bits per heavy atom. The van der Waals surface area contributed by atoms with E-state index in [0.29, 0.717) is 6.61 Å². The Hall–Kier alpha value is -1.51. The van der Waals surface area contributed by atoms with Crippen LogP contribution in [-0.2, 0) is 11.2 Å². The van der Waals surface area contributed by atoms with E-state index in [0.717, 1.165) is 31.6 Å². The minimum atomic E-state index is 0.229. The Labute approximate surface area is 109 Å². The number of ether oxygens (including phenoxy) is 1. The van der Waals surface area contributed by atoms with Crippen LogP contribution in [0.3, 0.4) is 0 Å². The molecule has 1 saturated carbocycles. The van der Waals surface area contributed by atoms with E-state index in [1.807, 2.05) is 19.1 Å². The zero-order valence-corrected chi connectivity index (χ0v) is 10.9. The van der Waals surface area contributed by atoms with Crippen molar-refractivity contribution in [2.24, 2.45) is 5.92 Å². The second-order valence-electron chi connectivity index (χ2n) is 4.75. The topological polar surface area (TPSA) is 38.3 Å². The molecule has 0 saturated heterocycles. The first-order chi connectivity index (χ1) is 8.79. The second kappa shape index (κ2) is 6.43. The molecule has 1 fully saturated rings. The van der Waals surface area contributed by atoms with Crippen LogP contribution in [0.25, 0.3) is 0 Å². The molecule has 1 aliphatic rings. The van der Waals surface area contributed by atoms with Crippen molar-refractivity contribution in [3.63, 3.8) is 0 Å². The summed E-state index contributed by atoms with van der Waals surface area (Å²) in [4.78, 5) is 11.6. The van der Waals surface area contributed by atoms with Gasteiger partial charge in [0.2, 0.25) is 5.91 Å². The van der Waals surface area contributed by atoms with Crippen LogP contribution in [0.4, 0.5) is 0 Å². The number of carbonyl (C=O) groups is 1. The van der Waals surface area contributed by atoms with Gasteiger partial charge in [0.25, 0.3) is 0 Å². The predicted octanol–water partition coefficient (Wildman–Crippen LogP) is 2.54. The van der Waals surface area contributed by atoms with E-state index in [4.69, 9.17) is 4.74 Å². The van der Waals surface area contributed by atoms with E-state index < -0.39 is 0 Å². The van der Waals surface area contributed by atoms with Gasteiger partial charge in [-0.1, -0.05) is 18.6 Å². The van der Waals surface area contributed by atoms with E-state index in [1.165, 1.54) is 12.0 Å². The highest BCUT2D eigenvalue weighted by Gasteiger charge is 2.24. The molecule has 0 heterocycles. The van der Waals surface area contributed by atoms with Crippen molar-refractivity contribution >= 4 is 5.91 Å². The average molecular weight is 247 g/mol. The maximum absolute atomic E-state index is 11.6. The molecule has 2 rings (SSSR count). The lowest BCUT2D eigenvalue weighted by Gasteiger charge is -2.24. The molecule has 3 nitrogen and oxygen atoms in total. The van der Waals surface area contributed by atoms with Crippen molar-refractivity contribution in [1.29, 1.82) is 0 Å². The van der Waals surface area contributed by atoms with Crippen LogP contribution in [0.5, 0.6) is 5.75 Å². The number of hydrogen-bond donors (Lipinski definition) is 1. The molecule has 98 valence electrons. The fraction of sp³-hybridized carbons (Fsp3) is 0.533. The molecular formula is C15H21NO2. The van der Waals surface area contributed by atoms with Gasteiger partial charge in [-0.05, 0) is 43.9 Å². The van der Waals surface area contributed by atoms with Crippen LogP contribution in [0.2, 0.25) is 0 Å². The maximum Gasteiger partial charge on any atom is 0.223 e. The van der Waals surface area contributed by atoms with Crippen LogP contribution in [0, 0.1) is 5.92 Å². The Bertz CT molecular complexity index is 382. The lowest BCUT2D eigenvalue weighted by Crippen LogP contribution is -2.35. The van der Waals surface area contributed by atoms with Gasteiger partial charge in [0.05, 0.1) is 6.61 Å². The standard InChI is InChI=1S/C15H21NO2/c1-2-18-14-8-6-12(7-9-14)10-11-16-15(17)13-4-3-5-13/h6-9,13H,2-5,10-11H2,1H3,(H,16,17). The lowest BCUT2D eigenvalue weighted by molar-refractivity contribution is -0.127. The van der Waals surface area contributed by atoms with Crippen molar-refractivity contribution in [3.8, 4) is 5.75 Å². The minimum absolute atomic E-state index is 0.229. The number of amides is 1. The Morgan fingerprint density at radius 3 is 2.61 bits per heavy atom. The Morgan fingerprint density at radius 1 is 1.33 bits per heavy atom. The highest BCUT2D eigenvalue weighted by Crippen LogP contribution is 2.26. The summed E-state index contributed by atoms with van der Waals surface area (Å²) >= 11 is 0. The van der Waals surface area contributed by atoms with Gasteiger partial charge in [0.1, 0.15) is 5.75 Å². The minimum Gasteiger partial charge on any atom is -0.494 e. The molecular weight excluding hydrogens is 226 g/mol. The summed E-state index contributed by atoms with van der Waals surface area (Å²) in [6.45, 7) is 3.39. The third kappa shape index (κ3) is 3.49. The number of nitrogens with one attached hydrogen (secondary N) is 1. The molecule has 1 aromatic carbocycles. The van der Waals surface area contributed by atoms with Crippen molar-refractivity contribution in [3.05, 3.63) is 29.8 Å². The fourth-order valence-corrected chi connectivity index (χ4v) is 2.06. The molecule has 1 amide bonds. The summed E-state index contributed by atoms with van der Waals surface area (Å²) in [5.74, 6) is 1.41. The molecule has 0 aliphatic heterocycles. The summed E-state index contributed by atoms with van der Waals surface area (Å²) in [5.41, 5.74) is 1.23. The maximum atomic E-state index is 11.6. The van der Waals surface area contributed by atoms with Crippen molar-refractivity contribution in [2.75, 3.05) is 13.2 Å². The molecule has 0 atom stereocenters. The highest BCUT2D eigenvalue weighted by molar-refractivity contribution is 5.79. The molecule has 0 radical (unpaired) electrons. The van der Waals surface area contributed by atoms with Gasteiger partial charge in [0, 0.05) is 12.5 Å². The SMILES string of the molecule is CCOc1ccc(CCNC(=O)C2CCC2)cc1. The molecule has 1 aliphatic carbocycles. The van der Waals surface area contributed by atoms with Crippen molar-refractivity contribution in [1.82, 2.24) is 5.32 Å². The lowest BCUT2D eigenvalue weighted by atomic mass is 9.85. The fourth-order valence-electron chi connectivity index (χ4n) is 2.06. The van der Waals surface area contributed by atoms with Gasteiger partial charge in [-0.3, -0.25) is 4.79 Å². The summed E-state index contributed by atoms with van der Waals surface area (Å²) in [7, 11) is 0. The largest absolute Gasteiger partial charge is 0.494 e. The third-order valence-electron chi connectivity index (χ3n) is 3.42. The first-order valence-corrected chi connectivity index (χ1v) is 6.79. The van der Waals surface area contributed by atoms with Crippen LogP contribution >= 0.6 is 0 Å². The Balaban J connectivity index is 1.70. The van der Waals surface area contributed by atoms with Gasteiger partial charge in [-0.25, -0.2) is 0 Å². The quantitative estimate of drug-likeness (QED) is 0.839. The first kappa shape index (κ1) is 12.9. The summed E-state index contributed by atoms with van der Waals surface area (Å²) < 4.78 is 5.39. The second-order valence-corrected chi connectivity index (χ2v) is 4.75. The third-order valence-corrected chi connectivity index (χ3v) is 3.42. The van der Waals surface area contributed by atoms with Gasteiger partial charge >= 0.3 is 0 Å². The monoisotopic (exact) mass is 247 g/mol. The first-order valence-electron chi connectivity index (χ1n) is 6.79. The predicted molar refractivity (Wildman–Crippen MR) is 71.7 cm³/mol. The van der Waals surface area contributed by atoms with E-state index in [-0.39, 0.29) is 11.8 Å². The summed E-state index contributed by atoms with van der Waals surface area (Å²) in [6.07, 6.45) is 4.21. The van der Waals surface area contributed by atoms with Gasteiger partial charge in [-0.15, -0.1) is 0 Å². The van der Waals surface area contributed by atoms with E-state index in [2.05, 4.69) is 17.4 Å². The van der Waals surface area contributed by atoms with Crippen LogP contribution in [0.15, 0.2) is 24.3 Å². The molecule has 0 bridgehead atoms. The number of hydrogen-bond acceptors (Lipinski definition) is 2. The van der Waals surface area contributed by atoms with E-state index >= 15 is 0 Å². The molecule has 0 spiro atoms. The zero-order valence-electron chi connectivity index (χ0n) is 10.9. The van der Waals surface area contributed by atoms with Crippen molar-refractivity contribution in [2.45, 2.75) is 32.6 Å². The van der Waals surface area contributed by atoms with Gasteiger partial charge in [0.15, 0.2) is 0 Å². The molecule has 3 heteroatoms. The Kier molecular flexibility index (Phi) is 4.62. The number of rotatable bonds is 6. The van der Waals surface area contributed by atoms with E-state index in [9.17, 15) is 4.79 Å². The molecule has 0 aromatic heterocycles. The zero-order chi connectivity index (χ0) is 12.8. The van der Waals surface area contributed by atoms with Gasteiger partial charge < -0.3 is 10.1 Å². The normalized spacial score (nSPS) is 14.9. The van der Waals surface area contributed by atoms with E-state index in [1.54, 1.807) is 0 Å². The molecule has 1 aromatic rings. The molecule has 1 N–H and O–H groups in total. The smallest absolute Gasteiger partial charge is 0.223 e. The number of benzene rings is 1.